The predicted octanol–water partition coefficient (Wildman–Crippen LogP) is 5.47. The molecule has 0 saturated heterocycles. The predicted molar refractivity (Wildman–Crippen MR) is 138 cm³/mol. The van der Waals surface area contributed by atoms with Crippen LogP contribution < -0.4 is 5.56 Å². The lowest BCUT2D eigenvalue weighted by Crippen LogP contribution is -2.37. The first-order valence-corrected chi connectivity index (χ1v) is 12.7. The number of carbonyl (C=O) groups is 1. The number of H-pyrrole nitrogens is 1. The van der Waals surface area contributed by atoms with Gasteiger partial charge in [-0.15, -0.1) is 11.8 Å². The first-order valence-electron chi connectivity index (χ1n) is 11.3. The molecular weight excluding hydrogens is 515 g/mol. The third-order valence-corrected chi connectivity index (χ3v) is 7.24. The molecule has 0 saturated carbocycles. The fraction of sp³-hybridized carbons (Fsp3) is 0.360. The zero-order valence-electron chi connectivity index (χ0n) is 20.1. The largest absolute Gasteiger partial charge is 0.507 e. The van der Waals surface area contributed by atoms with Gasteiger partial charge in [-0.25, -0.2) is 0 Å². The summed E-state index contributed by atoms with van der Waals surface area (Å²) in [7, 11) is 1.66. The van der Waals surface area contributed by atoms with Crippen molar-refractivity contribution in [3.63, 3.8) is 0 Å². The van der Waals surface area contributed by atoms with Gasteiger partial charge in [-0.2, -0.15) is 13.2 Å². The van der Waals surface area contributed by atoms with Crippen LogP contribution in [0.15, 0.2) is 46.1 Å². The minimum Gasteiger partial charge on any atom is -0.507 e. The molecular formula is C25H27ClF3N3O3S. The standard InChI is InChI=1S/C25H27ClF3N3O3S/c1-4-32(5-2)11-10-31(3)21(34)14-36-23-22(18-13-16(26)7-9-20(18)33)17-12-15(25(27,28)29)6-8-19(17)30-24(23)35/h6-9,12-13,33H,4-5,10-11,14H2,1-3H3,(H,30,35). The SMILES string of the molecule is CCN(CC)CCN(C)C(=O)CSc1c(-c2cc(Cl)ccc2O)c2cc(C(F)(F)F)ccc2[nH]c1=O. The minimum absolute atomic E-state index is 0.0184. The van der Waals surface area contributed by atoms with Crippen molar-refractivity contribution >= 4 is 40.2 Å². The summed E-state index contributed by atoms with van der Waals surface area (Å²) >= 11 is 7.03. The van der Waals surface area contributed by atoms with Crippen LogP contribution in [0.25, 0.3) is 22.0 Å². The number of rotatable bonds is 9. The van der Waals surface area contributed by atoms with E-state index in [4.69, 9.17) is 11.6 Å². The zero-order valence-corrected chi connectivity index (χ0v) is 21.7. The number of hydrogen-bond donors (Lipinski definition) is 2. The van der Waals surface area contributed by atoms with E-state index in [2.05, 4.69) is 9.88 Å². The number of alkyl halides is 3. The van der Waals surface area contributed by atoms with Gasteiger partial charge in [-0.1, -0.05) is 25.4 Å². The lowest BCUT2D eigenvalue weighted by Gasteiger charge is -2.23. The molecule has 0 radical (unpaired) electrons. The first-order chi connectivity index (χ1) is 17.0. The molecule has 0 fully saturated rings. The Morgan fingerprint density at radius 3 is 2.44 bits per heavy atom. The highest BCUT2D eigenvalue weighted by Gasteiger charge is 2.31. The molecule has 1 aromatic heterocycles. The Morgan fingerprint density at radius 1 is 1.11 bits per heavy atom. The number of carbonyl (C=O) groups excluding carboxylic acids is 1. The van der Waals surface area contributed by atoms with Crippen molar-refractivity contribution in [1.29, 1.82) is 0 Å². The molecule has 6 nitrogen and oxygen atoms in total. The number of amides is 1. The molecule has 2 N–H and O–H groups in total. The topological polar surface area (TPSA) is 76.6 Å². The summed E-state index contributed by atoms with van der Waals surface area (Å²) in [6.07, 6.45) is -4.62. The fourth-order valence-corrected chi connectivity index (χ4v) is 4.97. The highest BCUT2D eigenvalue weighted by molar-refractivity contribution is 8.00. The van der Waals surface area contributed by atoms with Crippen LogP contribution in [0.4, 0.5) is 13.2 Å². The summed E-state index contributed by atoms with van der Waals surface area (Å²) in [6.45, 7) is 6.96. The molecule has 0 aliphatic rings. The van der Waals surface area contributed by atoms with E-state index in [1.54, 1.807) is 11.9 Å². The normalized spacial score (nSPS) is 11.9. The van der Waals surface area contributed by atoms with Crippen LogP contribution in [-0.4, -0.2) is 64.8 Å². The van der Waals surface area contributed by atoms with Crippen LogP contribution in [-0.2, 0) is 11.0 Å². The quantitative estimate of drug-likeness (QED) is 0.352. The highest BCUT2D eigenvalue weighted by Crippen LogP contribution is 2.42. The second-order valence-corrected chi connectivity index (χ2v) is 9.63. The molecule has 11 heteroatoms. The number of likely N-dealkylation sites (N-methyl/N-ethyl adjacent to an activating group) is 2. The van der Waals surface area contributed by atoms with E-state index in [-0.39, 0.29) is 49.4 Å². The van der Waals surface area contributed by atoms with Crippen LogP contribution in [0.3, 0.4) is 0 Å². The number of phenols is 1. The van der Waals surface area contributed by atoms with E-state index in [9.17, 15) is 27.9 Å². The van der Waals surface area contributed by atoms with E-state index in [1.165, 1.54) is 24.3 Å². The van der Waals surface area contributed by atoms with Crippen molar-refractivity contribution in [3.05, 3.63) is 57.3 Å². The average molecular weight is 542 g/mol. The zero-order chi connectivity index (χ0) is 26.6. The van der Waals surface area contributed by atoms with Crippen molar-refractivity contribution in [2.45, 2.75) is 24.9 Å². The number of pyridine rings is 1. The Kier molecular flexibility index (Phi) is 8.97. The fourth-order valence-electron chi connectivity index (χ4n) is 3.77. The van der Waals surface area contributed by atoms with Crippen LogP contribution in [0.1, 0.15) is 19.4 Å². The number of thioether (sulfide) groups is 1. The van der Waals surface area contributed by atoms with Crippen LogP contribution in [0.5, 0.6) is 5.75 Å². The number of hydrogen-bond acceptors (Lipinski definition) is 5. The molecule has 0 unspecified atom stereocenters. The Hall–Kier alpha value is -2.69. The van der Waals surface area contributed by atoms with Crippen LogP contribution in [0, 0.1) is 0 Å². The molecule has 36 heavy (non-hydrogen) atoms. The van der Waals surface area contributed by atoms with Crippen molar-refractivity contribution in [1.82, 2.24) is 14.8 Å². The maximum atomic E-state index is 13.5. The van der Waals surface area contributed by atoms with Gasteiger partial charge < -0.3 is 19.9 Å². The second kappa shape index (κ2) is 11.6. The summed E-state index contributed by atoms with van der Waals surface area (Å²) in [5, 5.41) is 10.8. The van der Waals surface area contributed by atoms with Crippen LogP contribution >= 0.6 is 23.4 Å². The molecule has 0 bridgehead atoms. The number of halogens is 4. The number of phenolic OH excluding ortho intramolecular Hbond substituents is 1. The van der Waals surface area contributed by atoms with Crippen molar-refractivity contribution in [2.75, 3.05) is 39.0 Å². The van der Waals surface area contributed by atoms with Gasteiger partial charge in [0.15, 0.2) is 0 Å². The summed E-state index contributed by atoms with van der Waals surface area (Å²) in [5.74, 6) is -0.610. The molecule has 0 aliphatic carbocycles. The van der Waals surface area contributed by atoms with E-state index in [1.807, 2.05) is 13.8 Å². The summed E-state index contributed by atoms with van der Waals surface area (Å²) < 4.78 is 40.5. The molecule has 1 amide bonds. The third kappa shape index (κ3) is 6.35. The number of benzene rings is 2. The number of aromatic nitrogens is 1. The Labute approximate surface area is 216 Å². The van der Waals surface area contributed by atoms with Gasteiger partial charge in [-0.05, 0) is 49.5 Å². The molecule has 3 aromatic rings. The number of aromatic hydroxyl groups is 1. The second-order valence-electron chi connectivity index (χ2n) is 8.21. The molecule has 0 aliphatic heterocycles. The third-order valence-electron chi connectivity index (χ3n) is 5.94. The monoisotopic (exact) mass is 541 g/mol. The molecule has 2 aromatic carbocycles. The summed E-state index contributed by atoms with van der Waals surface area (Å²) in [4.78, 5) is 32.2. The van der Waals surface area contributed by atoms with E-state index >= 15 is 0 Å². The van der Waals surface area contributed by atoms with Gasteiger partial charge in [0.1, 0.15) is 5.75 Å². The van der Waals surface area contributed by atoms with E-state index in [0.717, 1.165) is 37.0 Å². The maximum Gasteiger partial charge on any atom is 0.416 e. The van der Waals surface area contributed by atoms with Gasteiger partial charge in [-0.3, -0.25) is 9.59 Å². The lowest BCUT2D eigenvalue weighted by molar-refractivity contribution is -0.137. The number of fused-ring (bicyclic) bond motifs is 1. The molecule has 3 rings (SSSR count). The number of aromatic amines is 1. The van der Waals surface area contributed by atoms with Crippen molar-refractivity contribution < 1.29 is 23.1 Å². The van der Waals surface area contributed by atoms with Gasteiger partial charge in [0.2, 0.25) is 5.91 Å². The number of nitrogens with zero attached hydrogens (tertiary/aromatic N) is 2. The van der Waals surface area contributed by atoms with E-state index in [0.29, 0.717) is 13.1 Å². The van der Waals surface area contributed by atoms with Crippen molar-refractivity contribution in [2.24, 2.45) is 0 Å². The van der Waals surface area contributed by atoms with Crippen molar-refractivity contribution in [3.8, 4) is 16.9 Å². The highest BCUT2D eigenvalue weighted by atomic mass is 35.5. The van der Waals surface area contributed by atoms with Gasteiger partial charge >= 0.3 is 6.18 Å². The van der Waals surface area contributed by atoms with Gasteiger partial charge in [0.25, 0.3) is 5.56 Å². The first kappa shape index (κ1) is 27.9. The van der Waals surface area contributed by atoms with Crippen LogP contribution in [0.2, 0.25) is 5.02 Å². The summed E-state index contributed by atoms with van der Waals surface area (Å²) in [5.41, 5.74) is -1.14. The van der Waals surface area contributed by atoms with Gasteiger partial charge in [0.05, 0.1) is 16.2 Å². The smallest absolute Gasteiger partial charge is 0.416 e. The lowest BCUT2D eigenvalue weighted by atomic mass is 9.98. The molecule has 1 heterocycles. The Bertz CT molecular complexity index is 1310. The maximum absolute atomic E-state index is 13.5. The molecule has 194 valence electrons. The average Bonchev–Trinajstić information content (AvgIpc) is 2.83. The Morgan fingerprint density at radius 2 is 1.81 bits per heavy atom. The minimum atomic E-state index is -4.62. The van der Waals surface area contributed by atoms with Gasteiger partial charge in [0, 0.05) is 47.2 Å². The van der Waals surface area contributed by atoms with E-state index < -0.39 is 17.3 Å². The summed E-state index contributed by atoms with van der Waals surface area (Å²) in [6, 6.07) is 7.08. The molecule has 0 atom stereocenters. The Balaban J connectivity index is 2.06. The molecule has 0 spiro atoms. The number of nitrogens with one attached hydrogen (secondary N) is 1.